The van der Waals surface area contributed by atoms with Gasteiger partial charge in [-0.1, -0.05) is 31.9 Å². The molecule has 0 amide bonds. The molecule has 0 radical (unpaired) electrons. The summed E-state index contributed by atoms with van der Waals surface area (Å²) in [6, 6.07) is 0. The number of hydrogen-bond donors (Lipinski definition) is 0. The van der Waals surface area contributed by atoms with E-state index in [1.54, 1.807) is 0 Å². The molecule has 0 saturated carbocycles. The molecule has 4 nitrogen and oxygen atoms in total. The van der Waals surface area contributed by atoms with Crippen LogP contribution in [0.25, 0.3) is 0 Å². The lowest BCUT2D eigenvalue weighted by atomic mass is 9.88. The summed E-state index contributed by atoms with van der Waals surface area (Å²) < 4.78 is 10.4. The molecule has 6 heteroatoms. The number of carbonyl (C=O) groups excluding carboxylic acids is 2. The summed E-state index contributed by atoms with van der Waals surface area (Å²) in [6.45, 7) is 7.69. The van der Waals surface area contributed by atoms with Crippen molar-refractivity contribution in [2.24, 2.45) is 10.8 Å². The van der Waals surface area contributed by atoms with Gasteiger partial charge in [0.1, 0.15) is 13.2 Å². The minimum Gasteiger partial charge on any atom is -0.462 e. The molecule has 0 atom stereocenters. The molecule has 0 spiro atoms. The molecule has 0 aliphatic carbocycles. The SMILES string of the molecule is CC(C)(CCCBr)C(=O)OCCOC(=O)C(C)(C)CCCBr. The van der Waals surface area contributed by atoms with Crippen molar-refractivity contribution in [3.05, 3.63) is 0 Å². The molecule has 0 aliphatic heterocycles. The second kappa shape index (κ2) is 10.6. The molecule has 22 heavy (non-hydrogen) atoms. The van der Waals surface area contributed by atoms with Crippen LogP contribution in [0.4, 0.5) is 0 Å². The number of carbonyl (C=O) groups is 2. The van der Waals surface area contributed by atoms with Gasteiger partial charge in [0.2, 0.25) is 0 Å². The lowest BCUT2D eigenvalue weighted by Crippen LogP contribution is -2.30. The fourth-order valence-electron chi connectivity index (χ4n) is 1.88. The van der Waals surface area contributed by atoms with Gasteiger partial charge in [0.25, 0.3) is 0 Å². The number of hydrogen-bond acceptors (Lipinski definition) is 4. The molecule has 0 unspecified atom stereocenters. The average Bonchev–Trinajstić information content (AvgIpc) is 2.46. The van der Waals surface area contributed by atoms with Gasteiger partial charge >= 0.3 is 11.9 Å². The lowest BCUT2D eigenvalue weighted by Gasteiger charge is -2.23. The van der Waals surface area contributed by atoms with Crippen LogP contribution in [0.1, 0.15) is 53.4 Å². The van der Waals surface area contributed by atoms with E-state index >= 15 is 0 Å². The molecule has 0 fully saturated rings. The zero-order chi connectivity index (χ0) is 17.2. The molecule has 0 aliphatic rings. The Bertz CT molecular complexity index is 320. The van der Waals surface area contributed by atoms with Crippen molar-refractivity contribution in [3.63, 3.8) is 0 Å². The van der Waals surface area contributed by atoms with Crippen LogP contribution in [-0.4, -0.2) is 35.8 Å². The van der Waals surface area contributed by atoms with Gasteiger partial charge in [0, 0.05) is 10.7 Å². The second-order valence-electron chi connectivity index (χ2n) is 6.62. The topological polar surface area (TPSA) is 52.6 Å². The van der Waals surface area contributed by atoms with Gasteiger partial charge in [0.05, 0.1) is 10.8 Å². The van der Waals surface area contributed by atoms with E-state index in [1.807, 2.05) is 27.7 Å². The molecule has 0 N–H and O–H groups in total. The third-order valence-corrected chi connectivity index (χ3v) is 4.65. The van der Waals surface area contributed by atoms with Gasteiger partial charge in [-0.15, -0.1) is 0 Å². The van der Waals surface area contributed by atoms with Crippen LogP contribution in [0.3, 0.4) is 0 Å². The number of rotatable bonds is 11. The Kier molecular flexibility index (Phi) is 10.6. The minimum atomic E-state index is -0.507. The van der Waals surface area contributed by atoms with Crippen molar-refractivity contribution >= 4 is 43.8 Å². The molecule has 0 rings (SSSR count). The molecule has 0 aromatic heterocycles. The number of alkyl halides is 2. The predicted molar refractivity (Wildman–Crippen MR) is 95.5 cm³/mol. The highest BCUT2D eigenvalue weighted by molar-refractivity contribution is 9.09. The zero-order valence-corrected chi connectivity index (χ0v) is 17.2. The van der Waals surface area contributed by atoms with Crippen LogP contribution >= 0.6 is 31.9 Å². The number of halogens is 2. The van der Waals surface area contributed by atoms with E-state index in [0.29, 0.717) is 0 Å². The second-order valence-corrected chi connectivity index (χ2v) is 8.21. The summed E-state index contributed by atoms with van der Waals surface area (Å²) in [5.74, 6) is -0.494. The standard InChI is InChI=1S/C16H28Br2O4/c1-15(2,7-5-9-17)13(19)21-11-12-22-14(20)16(3,4)8-6-10-18/h5-12H2,1-4H3. The van der Waals surface area contributed by atoms with Crippen LogP contribution in [-0.2, 0) is 19.1 Å². The molecular weight excluding hydrogens is 416 g/mol. The van der Waals surface area contributed by atoms with Gasteiger partial charge in [-0.3, -0.25) is 9.59 Å². The summed E-state index contributed by atoms with van der Waals surface area (Å²) in [4.78, 5) is 23.9. The molecule has 0 saturated heterocycles. The smallest absolute Gasteiger partial charge is 0.311 e. The third-order valence-electron chi connectivity index (χ3n) is 3.53. The molecule has 0 aromatic carbocycles. The van der Waals surface area contributed by atoms with Crippen LogP contribution < -0.4 is 0 Å². The van der Waals surface area contributed by atoms with Crippen LogP contribution in [0, 0.1) is 10.8 Å². The van der Waals surface area contributed by atoms with Crippen LogP contribution in [0.2, 0.25) is 0 Å². The van der Waals surface area contributed by atoms with Gasteiger partial charge in [0.15, 0.2) is 0 Å². The quantitative estimate of drug-likeness (QED) is 0.268. The van der Waals surface area contributed by atoms with Crippen molar-refractivity contribution < 1.29 is 19.1 Å². The zero-order valence-electron chi connectivity index (χ0n) is 14.0. The van der Waals surface area contributed by atoms with Crippen molar-refractivity contribution in [3.8, 4) is 0 Å². The first-order valence-corrected chi connectivity index (χ1v) is 9.88. The van der Waals surface area contributed by atoms with E-state index in [1.165, 1.54) is 0 Å². The van der Waals surface area contributed by atoms with E-state index in [-0.39, 0.29) is 25.2 Å². The van der Waals surface area contributed by atoms with Crippen molar-refractivity contribution in [1.82, 2.24) is 0 Å². The summed E-state index contributed by atoms with van der Waals surface area (Å²) in [6.07, 6.45) is 3.35. The first-order chi connectivity index (χ1) is 10.2. The Morgan fingerprint density at radius 3 is 1.36 bits per heavy atom. The molecule has 0 aromatic rings. The monoisotopic (exact) mass is 442 g/mol. The summed E-state index contributed by atoms with van der Waals surface area (Å²) in [5.41, 5.74) is -1.01. The summed E-state index contributed by atoms with van der Waals surface area (Å²) in [5, 5.41) is 1.73. The third kappa shape index (κ3) is 8.51. The molecule has 130 valence electrons. The van der Waals surface area contributed by atoms with E-state index < -0.39 is 10.8 Å². The summed E-state index contributed by atoms with van der Waals surface area (Å²) >= 11 is 6.71. The Balaban J connectivity index is 4.06. The predicted octanol–water partition coefficient (Wildman–Crippen LogP) is 4.48. The molecule has 0 heterocycles. The maximum absolute atomic E-state index is 12.0. The fourth-order valence-corrected chi connectivity index (χ4v) is 2.44. The van der Waals surface area contributed by atoms with Crippen molar-refractivity contribution in [2.45, 2.75) is 53.4 Å². The van der Waals surface area contributed by atoms with Gasteiger partial charge in [-0.05, 0) is 53.4 Å². The van der Waals surface area contributed by atoms with Crippen molar-refractivity contribution in [1.29, 1.82) is 0 Å². The highest BCUT2D eigenvalue weighted by atomic mass is 79.9. The van der Waals surface area contributed by atoms with E-state index in [2.05, 4.69) is 31.9 Å². The Hall–Kier alpha value is -0.100. The Labute approximate surface area is 150 Å². The molecular formula is C16H28Br2O4. The first kappa shape index (κ1) is 21.9. The molecule has 0 bridgehead atoms. The van der Waals surface area contributed by atoms with Crippen LogP contribution in [0.5, 0.6) is 0 Å². The van der Waals surface area contributed by atoms with E-state index in [9.17, 15) is 9.59 Å². The highest BCUT2D eigenvalue weighted by Gasteiger charge is 2.30. The van der Waals surface area contributed by atoms with E-state index in [0.717, 1.165) is 36.3 Å². The van der Waals surface area contributed by atoms with Crippen LogP contribution in [0.15, 0.2) is 0 Å². The van der Waals surface area contributed by atoms with Gasteiger partial charge in [-0.2, -0.15) is 0 Å². The minimum absolute atomic E-state index is 0.108. The normalized spacial score (nSPS) is 12.1. The largest absolute Gasteiger partial charge is 0.462 e. The number of ether oxygens (including phenoxy) is 2. The van der Waals surface area contributed by atoms with Gasteiger partial charge in [-0.25, -0.2) is 0 Å². The number of esters is 2. The van der Waals surface area contributed by atoms with E-state index in [4.69, 9.17) is 9.47 Å². The average molecular weight is 444 g/mol. The maximum Gasteiger partial charge on any atom is 0.311 e. The Morgan fingerprint density at radius 1 is 0.773 bits per heavy atom. The fraction of sp³-hybridized carbons (Fsp3) is 0.875. The first-order valence-electron chi connectivity index (χ1n) is 7.64. The Morgan fingerprint density at radius 2 is 1.09 bits per heavy atom. The summed E-state index contributed by atoms with van der Waals surface area (Å²) in [7, 11) is 0. The highest BCUT2D eigenvalue weighted by Crippen LogP contribution is 2.25. The lowest BCUT2D eigenvalue weighted by molar-refractivity contribution is -0.163. The maximum atomic E-state index is 12.0. The van der Waals surface area contributed by atoms with Gasteiger partial charge < -0.3 is 9.47 Å². The van der Waals surface area contributed by atoms with Crippen molar-refractivity contribution in [2.75, 3.05) is 23.9 Å².